The van der Waals surface area contributed by atoms with Crippen LogP contribution >= 0.6 is 0 Å². The molecule has 0 aromatic carbocycles. The maximum absolute atomic E-state index is 5.59. The van der Waals surface area contributed by atoms with Crippen LogP contribution < -0.4 is 0 Å². The third kappa shape index (κ3) is 10.1. The van der Waals surface area contributed by atoms with Crippen LogP contribution in [0.25, 0.3) is 0 Å². The summed E-state index contributed by atoms with van der Waals surface area (Å²) in [6, 6.07) is 3.72. The predicted octanol–water partition coefficient (Wildman–Crippen LogP) is 0.819. The van der Waals surface area contributed by atoms with E-state index in [9.17, 15) is 0 Å². The van der Waals surface area contributed by atoms with Gasteiger partial charge in [-0.15, -0.1) is 0 Å². The van der Waals surface area contributed by atoms with Gasteiger partial charge < -0.3 is 18.9 Å². The second-order valence-corrected chi connectivity index (χ2v) is 5.51. The summed E-state index contributed by atoms with van der Waals surface area (Å²) in [6.07, 6.45) is 3.44. The third-order valence-corrected chi connectivity index (χ3v) is 3.56. The first-order valence-corrected chi connectivity index (χ1v) is 8.87. The number of aromatic nitrogens is 1. The van der Waals surface area contributed by atoms with Crippen molar-refractivity contribution in [2.75, 3.05) is 72.5 Å². The first-order valence-electron chi connectivity index (χ1n) is 8.87. The standard InChI is InChI=1S/C20H26N2O4/c1(2-4-20-5-7-21-8-6-20)3-9-22-10-12-23-14-16-25-18-19-26-17-15-24-13-11-22/h5-8H,9-19H2. The van der Waals surface area contributed by atoms with Crippen molar-refractivity contribution in [2.45, 2.75) is 0 Å². The molecule has 1 aliphatic heterocycles. The number of ether oxygens (including phenoxy) is 4. The van der Waals surface area contributed by atoms with E-state index in [4.69, 9.17) is 18.9 Å². The molecular weight excluding hydrogens is 332 g/mol. The van der Waals surface area contributed by atoms with Crippen molar-refractivity contribution < 1.29 is 18.9 Å². The summed E-state index contributed by atoms with van der Waals surface area (Å²) < 4.78 is 22.0. The second kappa shape index (κ2) is 14.3. The van der Waals surface area contributed by atoms with E-state index in [-0.39, 0.29) is 0 Å². The van der Waals surface area contributed by atoms with Crippen LogP contribution in [0.4, 0.5) is 0 Å². The van der Waals surface area contributed by atoms with Crippen LogP contribution in [-0.2, 0) is 18.9 Å². The van der Waals surface area contributed by atoms with E-state index in [1.807, 2.05) is 12.1 Å². The van der Waals surface area contributed by atoms with Crippen molar-refractivity contribution in [1.29, 1.82) is 0 Å². The topological polar surface area (TPSA) is 53.1 Å². The Bertz CT molecular complexity index is 585. The van der Waals surface area contributed by atoms with Gasteiger partial charge in [0.15, 0.2) is 0 Å². The summed E-state index contributed by atoms with van der Waals surface area (Å²) in [5.74, 6) is 11.9. The summed E-state index contributed by atoms with van der Waals surface area (Å²) in [6.45, 7) is 7.05. The van der Waals surface area contributed by atoms with Crippen LogP contribution in [0.2, 0.25) is 0 Å². The van der Waals surface area contributed by atoms with E-state index in [0.29, 0.717) is 59.4 Å². The van der Waals surface area contributed by atoms with Gasteiger partial charge in [-0.05, 0) is 24.0 Å². The molecule has 0 saturated carbocycles. The molecule has 0 amide bonds. The molecule has 0 spiro atoms. The Balaban J connectivity index is 1.76. The number of rotatable bonds is 1. The van der Waals surface area contributed by atoms with Gasteiger partial charge in [0.25, 0.3) is 0 Å². The summed E-state index contributed by atoms with van der Waals surface area (Å²) >= 11 is 0. The van der Waals surface area contributed by atoms with E-state index in [0.717, 1.165) is 18.7 Å². The van der Waals surface area contributed by atoms with Crippen LogP contribution in [0.5, 0.6) is 0 Å². The normalized spacial score (nSPS) is 18.3. The number of pyridine rings is 1. The Labute approximate surface area is 155 Å². The lowest BCUT2D eigenvalue weighted by Crippen LogP contribution is -2.32. The van der Waals surface area contributed by atoms with E-state index in [1.165, 1.54) is 0 Å². The van der Waals surface area contributed by atoms with E-state index >= 15 is 0 Å². The van der Waals surface area contributed by atoms with Crippen molar-refractivity contribution in [3.8, 4) is 23.7 Å². The number of hydrogen-bond donors (Lipinski definition) is 0. The molecule has 1 aromatic rings. The number of nitrogens with zero attached hydrogens (tertiary/aromatic N) is 2. The van der Waals surface area contributed by atoms with Crippen molar-refractivity contribution in [1.82, 2.24) is 9.88 Å². The van der Waals surface area contributed by atoms with E-state index in [2.05, 4.69) is 33.6 Å². The zero-order valence-corrected chi connectivity index (χ0v) is 15.1. The average molecular weight is 358 g/mol. The Kier molecular flexibility index (Phi) is 11.2. The molecule has 1 fully saturated rings. The highest BCUT2D eigenvalue weighted by molar-refractivity contribution is 5.38. The molecule has 26 heavy (non-hydrogen) atoms. The molecular formula is C20H26N2O4. The zero-order valence-electron chi connectivity index (χ0n) is 15.1. The zero-order chi connectivity index (χ0) is 18.1. The lowest BCUT2D eigenvalue weighted by molar-refractivity contribution is 0.00206. The molecule has 0 atom stereocenters. The smallest absolute Gasteiger partial charge is 0.0701 e. The highest BCUT2D eigenvalue weighted by Crippen LogP contribution is 1.93. The van der Waals surface area contributed by atoms with Crippen LogP contribution in [0.15, 0.2) is 24.5 Å². The SMILES string of the molecule is C(C#Cc1ccncc1)#CCN1CCOCCOCCOCCOCC1. The average Bonchev–Trinajstić information content (AvgIpc) is 2.68. The summed E-state index contributed by atoms with van der Waals surface area (Å²) in [4.78, 5) is 6.16. The van der Waals surface area contributed by atoms with Crippen molar-refractivity contribution >= 4 is 0 Å². The Morgan fingerprint density at radius 1 is 0.769 bits per heavy atom. The lowest BCUT2D eigenvalue weighted by atomic mass is 10.3. The van der Waals surface area contributed by atoms with Gasteiger partial charge in [0.1, 0.15) is 0 Å². The van der Waals surface area contributed by atoms with Crippen molar-refractivity contribution in [2.24, 2.45) is 0 Å². The fourth-order valence-corrected chi connectivity index (χ4v) is 2.15. The minimum absolute atomic E-state index is 0.588. The molecule has 0 bridgehead atoms. The van der Waals surface area contributed by atoms with E-state index in [1.54, 1.807) is 12.4 Å². The Morgan fingerprint density at radius 3 is 1.88 bits per heavy atom. The van der Waals surface area contributed by atoms with Crippen LogP contribution in [0, 0.1) is 23.7 Å². The maximum Gasteiger partial charge on any atom is 0.0701 e. The van der Waals surface area contributed by atoms with Gasteiger partial charge in [-0.1, -0.05) is 11.8 Å². The monoisotopic (exact) mass is 358 g/mol. The largest absolute Gasteiger partial charge is 0.378 e. The molecule has 2 rings (SSSR count). The Morgan fingerprint density at radius 2 is 1.31 bits per heavy atom. The number of hydrogen-bond acceptors (Lipinski definition) is 6. The van der Waals surface area contributed by atoms with Crippen molar-refractivity contribution in [3.05, 3.63) is 30.1 Å². The molecule has 6 heteroatoms. The van der Waals surface area contributed by atoms with Gasteiger partial charge in [0.05, 0.1) is 59.4 Å². The lowest BCUT2D eigenvalue weighted by Gasteiger charge is -2.19. The van der Waals surface area contributed by atoms with Gasteiger partial charge in [-0.25, -0.2) is 0 Å². The van der Waals surface area contributed by atoms with Crippen LogP contribution in [0.3, 0.4) is 0 Å². The fourth-order valence-electron chi connectivity index (χ4n) is 2.15. The molecule has 1 aliphatic rings. The molecule has 0 aliphatic carbocycles. The minimum Gasteiger partial charge on any atom is -0.378 e. The molecule has 0 unspecified atom stereocenters. The predicted molar refractivity (Wildman–Crippen MR) is 98.6 cm³/mol. The van der Waals surface area contributed by atoms with Gasteiger partial charge in [0, 0.05) is 31.0 Å². The summed E-state index contributed by atoms with van der Waals surface area (Å²) in [5.41, 5.74) is 0.912. The quantitative estimate of drug-likeness (QED) is 0.693. The van der Waals surface area contributed by atoms with Crippen molar-refractivity contribution in [3.63, 3.8) is 0 Å². The molecule has 1 saturated heterocycles. The van der Waals surface area contributed by atoms with Gasteiger partial charge in [0.2, 0.25) is 0 Å². The molecule has 140 valence electrons. The van der Waals surface area contributed by atoms with Crippen LogP contribution in [0.1, 0.15) is 5.56 Å². The van der Waals surface area contributed by atoms with Crippen LogP contribution in [-0.4, -0.2) is 82.4 Å². The highest BCUT2D eigenvalue weighted by atomic mass is 16.6. The second-order valence-electron chi connectivity index (χ2n) is 5.51. The summed E-state index contributed by atoms with van der Waals surface area (Å²) in [5, 5.41) is 0. The Hall–Kier alpha value is -1.93. The third-order valence-electron chi connectivity index (χ3n) is 3.56. The summed E-state index contributed by atoms with van der Waals surface area (Å²) in [7, 11) is 0. The molecule has 2 heterocycles. The fraction of sp³-hybridized carbons (Fsp3) is 0.550. The van der Waals surface area contributed by atoms with Gasteiger partial charge in [-0.3, -0.25) is 9.88 Å². The maximum atomic E-state index is 5.59. The van der Waals surface area contributed by atoms with E-state index < -0.39 is 0 Å². The van der Waals surface area contributed by atoms with Gasteiger partial charge >= 0.3 is 0 Å². The molecule has 0 radical (unpaired) electrons. The van der Waals surface area contributed by atoms with Gasteiger partial charge in [-0.2, -0.15) is 0 Å². The highest BCUT2D eigenvalue weighted by Gasteiger charge is 2.04. The molecule has 0 N–H and O–H groups in total. The minimum atomic E-state index is 0.588. The molecule has 1 aromatic heterocycles. The molecule has 6 nitrogen and oxygen atoms in total. The first-order chi connectivity index (χ1) is 12.9. The first kappa shape index (κ1) is 20.4.